The van der Waals surface area contributed by atoms with Gasteiger partial charge < -0.3 is 14.6 Å². The maximum Gasteiger partial charge on any atom is 0.339 e. The summed E-state index contributed by atoms with van der Waals surface area (Å²) in [6.07, 6.45) is 6.40. The average Bonchev–Trinajstić information content (AvgIpc) is 2.46. The molecule has 4 heteroatoms. The van der Waals surface area contributed by atoms with E-state index >= 15 is 0 Å². The quantitative estimate of drug-likeness (QED) is 0.550. The van der Waals surface area contributed by atoms with Crippen LogP contribution in [0.4, 0.5) is 0 Å². The third kappa shape index (κ3) is 5.34. The topological polar surface area (TPSA) is 55.8 Å². The van der Waals surface area contributed by atoms with E-state index < -0.39 is 5.97 Å². The summed E-state index contributed by atoms with van der Waals surface area (Å²) >= 11 is 0. The Labute approximate surface area is 120 Å². The number of ether oxygens (including phenoxy) is 2. The van der Waals surface area contributed by atoms with Crippen LogP contribution in [0.1, 0.15) is 43.5 Å². The van der Waals surface area contributed by atoms with Gasteiger partial charge in [0.1, 0.15) is 11.3 Å². The molecule has 0 aliphatic carbocycles. The molecule has 1 unspecified atom stereocenters. The molecule has 1 N–H and O–H groups in total. The first-order chi connectivity index (χ1) is 9.69. The molecule has 0 spiro atoms. The van der Waals surface area contributed by atoms with Crippen molar-refractivity contribution >= 4 is 5.97 Å². The van der Waals surface area contributed by atoms with Gasteiger partial charge in [-0.3, -0.25) is 0 Å². The number of carboxylic acids is 1. The lowest BCUT2D eigenvalue weighted by Crippen LogP contribution is -2.11. The molecule has 1 aromatic carbocycles. The van der Waals surface area contributed by atoms with Crippen molar-refractivity contribution in [3.8, 4) is 5.75 Å². The second kappa shape index (κ2) is 9.02. The number of hydrogen-bond donors (Lipinski definition) is 1. The first-order valence-corrected chi connectivity index (χ1v) is 6.90. The van der Waals surface area contributed by atoms with Gasteiger partial charge in [-0.1, -0.05) is 25.1 Å². The van der Waals surface area contributed by atoms with E-state index in [9.17, 15) is 4.79 Å². The predicted octanol–water partition coefficient (Wildman–Crippen LogP) is 3.87. The number of hydrogen-bond acceptors (Lipinski definition) is 3. The molecule has 0 saturated carbocycles. The summed E-state index contributed by atoms with van der Waals surface area (Å²) in [6, 6.07) is 6.68. The van der Waals surface area contributed by atoms with Crippen molar-refractivity contribution in [3.05, 3.63) is 42.2 Å². The molecular formula is C16H22O4. The number of benzene rings is 1. The molecular weight excluding hydrogens is 256 g/mol. The maximum absolute atomic E-state index is 11.0. The first kappa shape index (κ1) is 16.1. The molecule has 0 heterocycles. The molecule has 110 valence electrons. The van der Waals surface area contributed by atoms with Gasteiger partial charge in [0.2, 0.25) is 0 Å². The lowest BCUT2D eigenvalue weighted by molar-refractivity contribution is 0.0691. The summed E-state index contributed by atoms with van der Waals surface area (Å²) in [5.41, 5.74) is 0.199. The molecule has 20 heavy (non-hydrogen) atoms. The summed E-state index contributed by atoms with van der Waals surface area (Å²) in [6.45, 7) is 4.48. The van der Waals surface area contributed by atoms with E-state index in [4.69, 9.17) is 14.6 Å². The Morgan fingerprint density at radius 2 is 2.15 bits per heavy atom. The Morgan fingerprint density at radius 3 is 2.80 bits per heavy atom. The monoisotopic (exact) mass is 278 g/mol. The van der Waals surface area contributed by atoms with Crippen LogP contribution in [0, 0.1) is 0 Å². The molecule has 0 saturated heterocycles. The predicted molar refractivity (Wildman–Crippen MR) is 78.1 cm³/mol. The molecule has 1 atom stereocenters. The number of carboxylic acid groups (broad SMARTS) is 1. The van der Waals surface area contributed by atoms with Gasteiger partial charge in [-0.05, 0) is 38.3 Å². The standard InChI is InChI=1S/C16H22O4/c1-3-11-19-13(4-2)8-7-12-20-15-10-6-5-9-14(15)16(17)18/h3,5-6,9-11,13H,4,7-8,12H2,1-2H3,(H,17,18). The van der Waals surface area contributed by atoms with Crippen molar-refractivity contribution in [2.75, 3.05) is 6.61 Å². The van der Waals surface area contributed by atoms with Crippen molar-refractivity contribution < 1.29 is 19.4 Å². The van der Waals surface area contributed by atoms with Crippen molar-refractivity contribution in [2.24, 2.45) is 0 Å². The minimum absolute atomic E-state index is 0.185. The van der Waals surface area contributed by atoms with E-state index in [0.717, 1.165) is 19.3 Å². The van der Waals surface area contributed by atoms with E-state index in [0.29, 0.717) is 12.4 Å². The molecule has 1 aromatic rings. The highest BCUT2D eigenvalue weighted by atomic mass is 16.5. The molecule has 0 aromatic heterocycles. The minimum atomic E-state index is -0.969. The second-order valence-electron chi connectivity index (χ2n) is 4.43. The summed E-state index contributed by atoms with van der Waals surface area (Å²) in [5, 5.41) is 9.04. The zero-order valence-electron chi connectivity index (χ0n) is 12.0. The fourth-order valence-corrected chi connectivity index (χ4v) is 1.82. The van der Waals surface area contributed by atoms with Crippen molar-refractivity contribution in [1.29, 1.82) is 0 Å². The van der Waals surface area contributed by atoms with Gasteiger partial charge in [0.25, 0.3) is 0 Å². The third-order valence-electron chi connectivity index (χ3n) is 2.91. The van der Waals surface area contributed by atoms with Gasteiger partial charge in [0, 0.05) is 0 Å². The number of allylic oxidation sites excluding steroid dienone is 1. The summed E-state index contributed by atoms with van der Waals surface area (Å²) < 4.78 is 11.1. The Bertz CT molecular complexity index is 440. The van der Waals surface area contributed by atoms with Gasteiger partial charge >= 0.3 is 5.97 Å². The fraction of sp³-hybridized carbons (Fsp3) is 0.438. The number of para-hydroxylation sites is 1. The van der Waals surface area contributed by atoms with Gasteiger partial charge in [-0.2, -0.15) is 0 Å². The molecule has 0 amide bonds. The van der Waals surface area contributed by atoms with Crippen molar-refractivity contribution in [3.63, 3.8) is 0 Å². The number of rotatable bonds is 9. The van der Waals surface area contributed by atoms with Gasteiger partial charge in [0.15, 0.2) is 0 Å². The van der Waals surface area contributed by atoms with Crippen molar-refractivity contribution in [2.45, 2.75) is 39.2 Å². The lowest BCUT2D eigenvalue weighted by atomic mass is 10.1. The zero-order chi connectivity index (χ0) is 14.8. The highest BCUT2D eigenvalue weighted by Gasteiger charge is 2.10. The van der Waals surface area contributed by atoms with Crippen LogP contribution >= 0.6 is 0 Å². The minimum Gasteiger partial charge on any atom is -0.498 e. The second-order valence-corrected chi connectivity index (χ2v) is 4.43. The molecule has 1 rings (SSSR count). The molecule has 0 bridgehead atoms. The smallest absolute Gasteiger partial charge is 0.339 e. The van der Waals surface area contributed by atoms with Crippen LogP contribution in [-0.4, -0.2) is 23.8 Å². The van der Waals surface area contributed by atoms with Crippen LogP contribution in [0.2, 0.25) is 0 Å². The lowest BCUT2D eigenvalue weighted by Gasteiger charge is -2.15. The zero-order valence-corrected chi connectivity index (χ0v) is 12.0. The van der Waals surface area contributed by atoms with Gasteiger partial charge in [-0.25, -0.2) is 4.79 Å². The van der Waals surface area contributed by atoms with Gasteiger partial charge in [0.05, 0.1) is 19.0 Å². The van der Waals surface area contributed by atoms with Crippen LogP contribution in [-0.2, 0) is 4.74 Å². The highest BCUT2D eigenvalue weighted by molar-refractivity contribution is 5.90. The van der Waals surface area contributed by atoms with Crippen LogP contribution in [0.5, 0.6) is 5.75 Å². The van der Waals surface area contributed by atoms with Crippen molar-refractivity contribution in [1.82, 2.24) is 0 Å². The van der Waals surface area contributed by atoms with Crippen LogP contribution in [0.3, 0.4) is 0 Å². The van der Waals surface area contributed by atoms with Crippen LogP contribution in [0.25, 0.3) is 0 Å². The van der Waals surface area contributed by atoms with Crippen LogP contribution < -0.4 is 4.74 Å². The number of carbonyl (C=O) groups is 1. The molecule has 0 fully saturated rings. The van der Waals surface area contributed by atoms with Gasteiger partial charge in [-0.15, -0.1) is 0 Å². The average molecular weight is 278 g/mol. The van der Waals surface area contributed by atoms with Crippen LogP contribution in [0.15, 0.2) is 36.6 Å². The maximum atomic E-state index is 11.0. The molecule has 0 aliphatic heterocycles. The van der Waals surface area contributed by atoms with E-state index in [1.54, 1.807) is 30.5 Å². The third-order valence-corrected chi connectivity index (χ3v) is 2.91. The fourth-order valence-electron chi connectivity index (χ4n) is 1.82. The van der Waals surface area contributed by atoms with E-state index in [2.05, 4.69) is 6.92 Å². The SMILES string of the molecule is CC=COC(CC)CCCOc1ccccc1C(=O)O. The van der Waals surface area contributed by atoms with E-state index in [-0.39, 0.29) is 11.7 Å². The summed E-state index contributed by atoms with van der Waals surface area (Å²) in [5.74, 6) is -0.550. The Morgan fingerprint density at radius 1 is 1.40 bits per heavy atom. The molecule has 4 nitrogen and oxygen atoms in total. The Kier molecular flexibility index (Phi) is 7.25. The Hall–Kier alpha value is -1.97. The molecule has 0 radical (unpaired) electrons. The highest BCUT2D eigenvalue weighted by Crippen LogP contribution is 2.18. The normalized spacial score (nSPS) is 12.3. The summed E-state index contributed by atoms with van der Waals surface area (Å²) in [7, 11) is 0. The number of aromatic carboxylic acids is 1. The largest absolute Gasteiger partial charge is 0.498 e. The molecule has 0 aliphatic rings. The summed E-state index contributed by atoms with van der Waals surface area (Å²) in [4.78, 5) is 11.0. The van der Waals surface area contributed by atoms with E-state index in [1.807, 2.05) is 13.0 Å². The Balaban J connectivity index is 2.39. The van der Waals surface area contributed by atoms with E-state index in [1.165, 1.54) is 0 Å². The first-order valence-electron chi connectivity index (χ1n) is 6.90.